The fourth-order valence-corrected chi connectivity index (χ4v) is 4.12. The lowest BCUT2D eigenvalue weighted by Gasteiger charge is -2.27. The van der Waals surface area contributed by atoms with Crippen LogP contribution in [-0.4, -0.2) is 54.7 Å². The summed E-state index contributed by atoms with van der Waals surface area (Å²) in [6.07, 6.45) is 2.15. The molecular weight excluding hydrogens is 388 g/mol. The zero-order chi connectivity index (χ0) is 22.2. The summed E-state index contributed by atoms with van der Waals surface area (Å²) in [5.74, 6) is 0.834. The predicted molar refractivity (Wildman–Crippen MR) is 124 cm³/mol. The van der Waals surface area contributed by atoms with Crippen LogP contribution >= 0.6 is 0 Å². The van der Waals surface area contributed by atoms with Crippen molar-refractivity contribution in [2.24, 2.45) is 0 Å². The van der Waals surface area contributed by atoms with E-state index >= 15 is 0 Å². The van der Waals surface area contributed by atoms with E-state index in [4.69, 9.17) is 9.47 Å². The van der Waals surface area contributed by atoms with Gasteiger partial charge in [0.2, 0.25) is 0 Å². The van der Waals surface area contributed by atoms with E-state index in [1.54, 1.807) is 7.11 Å². The molecule has 0 N–H and O–H groups in total. The number of amides is 1. The highest BCUT2D eigenvalue weighted by Gasteiger charge is 2.24. The van der Waals surface area contributed by atoms with Crippen molar-refractivity contribution in [2.45, 2.75) is 58.8 Å². The molecule has 0 saturated carbocycles. The minimum Gasteiger partial charge on any atom is -0.496 e. The molecule has 1 saturated heterocycles. The van der Waals surface area contributed by atoms with E-state index in [1.165, 1.54) is 5.56 Å². The number of carbonyl (C=O) groups is 1. The van der Waals surface area contributed by atoms with Gasteiger partial charge in [0.05, 0.1) is 13.2 Å². The summed E-state index contributed by atoms with van der Waals surface area (Å²) < 4.78 is 11.3. The molecule has 0 radical (unpaired) electrons. The van der Waals surface area contributed by atoms with Gasteiger partial charge in [-0.3, -0.25) is 9.69 Å². The number of nitrogens with zero attached hydrogens (tertiary/aromatic N) is 2. The molecule has 1 fully saturated rings. The third-order valence-electron chi connectivity index (χ3n) is 6.01. The smallest absolute Gasteiger partial charge is 0.254 e. The number of hydrogen-bond acceptors (Lipinski definition) is 4. The number of methoxy groups -OCH3 is 1. The number of rotatable bonds is 10. The second-order valence-corrected chi connectivity index (χ2v) is 8.49. The lowest BCUT2D eigenvalue weighted by molar-refractivity contribution is 0.0505. The van der Waals surface area contributed by atoms with E-state index in [0.717, 1.165) is 43.9 Å². The number of carbonyl (C=O) groups excluding carboxylic acids is 1. The van der Waals surface area contributed by atoms with Gasteiger partial charge in [-0.05, 0) is 57.0 Å². The van der Waals surface area contributed by atoms with Crippen LogP contribution < -0.4 is 4.74 Å². The van der Waals surface area contributed by atoms with Crippen molar-refractivity contribution in [1.82, 2.24) is 9.80 Å². The van der Waals surface area contributed by atoms with Crippen molar-refractivity contribution in [3.63, 3.8) is 0 Å². The van der Waals surface area contributed by atoms with Crippen LogP contribution in [0.1, 0.15) is 55.1 Å². The number of ether oxygens (including phenoxy) is 2. The topological polar surface area (TPSA) is 42.0 Å². The second kappa shape index (κ2) is 11.3. The summed E-state index contributed by atoms with van der Waals surface area (Å²) in [4.78, 5) is 17.8. The molecule has 1 aliphatic rings. The molecule has 3 rings (SSSR count). The largest absolute Gasteiger partial charge is 0.496 e. The summed E-state index contributed by atoms with van der Waals surface area (Å²) in [5, 5.41) is 0. The molecule has 1 aliphatic heterocycles. The first-order valence-corrected chi connectivity index (χ1v) is 11.4. The van der Waals surface area contributed by atoms with Gasteiger partial charge in [-0.25, -0.2) is 0 Å². The molecular formula is C26H36N2O3. The monoisotopic (exact) mass is 424 g/mol. The first kappa shape index (κ1) is 23.3. The summed E-state index contributed by atoms with van der Waals surface area (Å²) in [6, 6.07) is 16.4. The Morgan fingerprint density at radius 2 is 1.87 bits per heavy atom. The molecule has 2 aromatic carbocycles. The fourth-order valence-electron chi connectivity index (χ4n) is 4.12. The second-order valence-electron chi connectivity index (χ2n) is 8.49. The first-order chi connectivity index (χ1) is 15.0. The molecule has 5 nitrogen and oxygen atoms in total. The van der Waals surface area contributed by atoms with Crippen molar-refractivity contribution < 1.29 is 14.3 Å². The van der Waals surface area contributed by atoms with E-state index in [-0.39, 0.29) is 12.0 Å². The third-order valence-corrected chi connectivity index (χ3v) is 6.01. The van der Waals surface area contributed by atoms with Gasteiger partial charge < -0.3 is 14.4 Å². The minimum atomic E-state index is 0.0316. The van der Waals surface area contributed by atoms with E-state index in [9.17, 15) is 4.79 Å². The Bertz CT molecular complexity index is 829. The van der Waals surface area contributed by atoms with Crippen LogP contribution in [-0.2, 0) is 17.8 Å². The maximum atomic E-state index is 13.5. The van der Waals surface area contributed by atoms with Crippen LogP contribution in [0.2, 0.25) is 0 Å². The Balaban J connectivity index is 1.77. The van der Waals surface area contributed by atoms with Crippen molar-refractivity contribution in [1.29, 1.82) is 0 Å². The van der Waals surface area contributed by atoms with E-state index < -0.39 is 0 Å². The summed E-state index contributed by atoms with van der Waals surface area (Å²) >= 11 is 0. The first-order valence-electron chi connectivity index (χ1n) is 11.4. The average molecular weight is 425 g/mol. The lowest BCUT2D eigenvalue weighted by atomic mass is 10.1. The molecule has 1 atom stereocenters. The Kier molecular flexibility index (Phi) is 8.50. The van der Waals surface area contributed by atoms with Gasteiger partial charge in [-0.1, -0.05) is 37.3 Å². The molecule has 0 aromatic heterocycles. The number of hydrogen-bond donors (Lipinski definition) is 0. The van der Waals surface area contributed by atoms with Gasteiger partial charge in [0, 0.05) is 43.4 Å². The Hall–Kier alpha value is -2.37. The Labute approximate surface area is 187 Å². The number of para-hydroxylation sites is 1. The molecule has 31 heavy (non-hydrogen) atoms. The van der Waals surface area contributed by atoms with Gasteiger partial charge in [0.1, 0.15) is 5.75 Å². The van der Waals surface area contributed by atoms with Crippen LogP contribution in [0.5, 0.6) is 5.75 Å². The van der Waals surface area contributed by atoms with Crippen LogP contribution in [0, 0.1) is 0 Å². The van der Waals surface area contributed by atoms with Crippen LogP contribution in [0.25, 0.3) is 0 Å². The molecule has 1 heterocycles. The SMILES string of the molecule is CCN(Cc1ccc(C(=O)N(Cc2ccccc2OC)CC2CCCO2)cc1)C(C)C. The quantitative estimate of drug-likeness (QED) is 0.552. The maximum absolute atomic E-state index is 13.5. The van der Waals surface area contributed by atoms with Crippen molar-refractivity contribution in [2.75, 3.05) is 26.8 Å². The van der Waals surface area contributed by atoms with Crippen molar-refractivity contribution in [3.8, 4) is 5.75 Å². The molecule has 0 spiro atoms. The van der Waals surface area contributed by atoms with E-state index in [2.05, 4.69) is 37.8 Å². The molecule has 168 valence electrons. The van der Waals surface area contributed by atoms with E-state index in [0.29, 0.717) is 24.7 Å². The van der Waals surface area contributed by atoms with E-state index in [1.807, 2.05) is 41.3 Å². The zero-order valence-corrected chi connectivity index (χ0v) is 19.3. The van der Waals surface area contributed by atoms with Gasteiger partial charge in [0.15, 0.2) is 0 Å². The van der Waals surface area contributed by atoms with Crippen LogP contribution in [0.3, 0.4) is 0 Å². The van der Waals surface area contributed by atoms with Gasteiger partial charge in [0.25, 0.3) is 5.91 Å². The van der Waals surface area contributed by atoms with Crippen LogP contribution in [0.15, 0.2) is 48.5 Å². The lowest BCUT2D eigenvalue weighted by Crippen LogP contribution is -2.37. The third kappa shape index (κ3) is 6.31. The summed E-state index contributed by atoms with van der Waals surface area (Å²) in [7, 11) is 1.67. The van der Waals surface area contributed by atoms with Gasteiger partial charge in [-0.15, -0.1) is 0 Å². The molecule has 2 aromatic rings. The normalized spacial score (nSPS) is 16.1. The number of benzene rings is 2. The highest BCUT2D eigenvalue weighted by molar-refractivity contribution is 5.94. The average Bonchev–Trinajstić information content (AvgIpc) is 3.30. The minimum absolute atomic E-state index is 0.0316. The molecule has 0 bridgehead atoms. The highest BCUT2D eigenvalue weighted by atomic mass is 16.5. The summed E-state index contributed by atoms with van der Waals surface area (Å²) in [5.41, 5.74) is 2.94. The molecule has 1 unspecified atom stereocenters. The zero-order valence-electron chi connectivity index (χ0n) is 19.3. The predicted octanol–water partition coefficient (Wildman–Crippen LogP) is 4.75. The molecule has 5 heteroatoms. The Morgan fingerprint density at radius 3 is 2.48 bits per heavy atom. The highest BCUT2D eigenvalue weighted by Crippen LogP contribution is 2.23. The maximum Gasteiger partial charge on any atom is 0.254 e. The van der Waals surface area contributed by atoms with Gasteiger partial charge >= 0.3 is 0 Å². The standard InChI is InChI=1S/C26H36N2O3/c1-5-27(20(2)3)17-21-12-14-22(15-13-21)26(29)28(19-24-10-8-16-31-24)18-23-9-6-7-11-25(23)30-4/h6-7,9,11-15,20,24H,5,8,10,16-19H2,1-4H3. The van der Waals surface area contributed by atoms with Gasteiger partial charge in [-0.2, -0.15) is 0 Å². The molecule has 1 amide bonds. The fraction of sp³-hybridized carbons (Fsp3) is 0.500. The summed E-state index contributed by atoms with van der Waals surface area (Å²) in [6.45, 7) is 10.4. The van der Waals surface area contributed by atoms with Crippen molar-refractivity contribution >= 4 is 5.91 Å². The van der Waals surface area contributed by atoms with Crippen molar-refractivity contribution in [3.05, 3.63) is 65.2 Å². The molecule has 0 aliphatic carbocycles. The van der Waals surface area contributed by atoms with Crippen LogP contribution in [0.4, 0.5) is 0 Å². The Morgan fingerprint density at radius 1 is 1.13 bits per heavy atom.